The van der Waals surface area contributed by atoms with Crippen molar-refractivity contribution in [1.29, 1.82) is 0 Å². The van der Waals surface area contributed by atoms with E-state index in [-0.39, 0.29) is 13.2 Å². The van der Waals surface area contributed by atoms with Gasteiger partial charge in [-0.05, 0) is 48.5 Å². The van der Waals surface area contributed by atoms with E-state index in [4.69, 9.17) is 19.0 Å². The third-order valence-electron chi connectivity index (χ3n) is 3.37. The highest BCUT2D eigenvalue weighted by molar-refractivity contribution is 9.10. The van der Waals surface area contributed by atoms with E-state index in [1.165, 1.54) is 0 Å². The summed E-state index contributed by atoms with van der Waals surface area (Å²) in [6.45, 7) is -0.0986. The van der Waals surface area contributed by atoms with Gasteiger partial charge in [0.15, 0.2) is 0 Å². The molecule has 0 spiro atoms. The number of hydrogen-bond donors (Lipinski definition) is 2. The number of fused-ring (bicyclic) bond motifs is 2. The van der Waals surface area contributed by atoms with E-state index in [9.17, 15) is 0 Å². The molecule has 0 saturated heterocycles. The van der Waals surface area contributed by atoms with Crippen LogP contribution < -0.4 is 0 Å². The first-order valence-corrected chi connectivity index (χ1v) is 8.75. The molecule has 2 N–H and O–H groups in total. The van der Waals surface area contributed by atoms with Crippen LogP contribution in [0, 0.1) is 0 Å². The molecule has 0 atom stereocenters. The van der Waals surface area contributed by atoms with Crippen molar-refractivity contribution in [3.8, 4) is 0 Å². The van der Waals surface area contributed by atoms with Gasteiger partial charge in [0.05, 0.1) is 0 Å². The van der Waals surface area contributed by atoms with Gasteiger partial charge in [-0.25, -0.2) is 0 Å². The molecule has 0 aliphatic heterocycles. The zero-order valence-corrected chi connectivity index (χ0v) is 15.7. The van der Waals surface area contributed by atoms with Crippen LogP contribution in [0.3, 0.4) is 0 Å². The molecule has 0 fully saturated rings. The Morgan fingerprint density at radius 2 is 1.08 bits per heavy atom. The molecule has 0 saturated carbocycles. The third-order valence-corrected chi connectivity index (χ3v) is 4.36. The Hall–Kier alpha value is -1.60. The first kappa shape index (κ1) is 17.2. The summed E-state index contributed by atoms with van der Waals surface area (Å²) in [6.07, 6.45) is 0. The first-order chi connectivity index (χ1) is 11.6. The van der Waals surface area contributed by atoms with Crippen LogP contribution >= 0.6 is 31.9 Å². The summed E-state index contributed by atoms with van der Waals surface area (Å²) in [5.74, 6) is 1.20. The molecular weight excluding hydrogens is 440 g/mol. The Morgan fingerprint density at radius 1 is 0.667 bits per heavy atom. The van der Waals surface area contributed by atoms with Gasteiger partial charge in [0.1, 0.15) is 35.9 Å². The Kier molecular flexibility index (Phi) is 5.40. The summed E-state index contributed by atoms with van der Waals surface area (Å²) < 4.78 is 12.6. The lowest BCUT2D eigenvalue weighted by Gasteiger charge is -1.87. The van der Waals surface area contributed by atoms with Gasteiger partial charge in [-0.2, -0.15) is 0 Å². The molecule has 2 heterocycles. The highest BCUT2D eigenvalue weighted by Gasteiger charge is 2.02. The molecule has 6 heteroatoms. The van der Waals surface area contributed by atoms with Crippen LogP contribution in [0.5, 0.6) is 0 Å². The minimum atomic E-state index is -0.0493. The maximum atomic E-state index is 8.80. The van der Waals surface area contributed by atoms with E-state index < -0.39 is 0 Å². The van der Waals surface area contributed by atoms with E-state index in [0.29, 0.717) is 11.5 Å². The molecule has 124 valence electrons. The van der Waals surface area contributed by atoms with Gasteiger partial charge < -0.3 is 19.0 Å². The molecule has 0 unspecified atom stereocenters. The zero-order valence-electron chi connectivity index (χ0n) is 12.5. The standard InChI is InChI=1S/2C9H7BrO2/c2*10-7-1-2-9-6(3-7)4-8(5-11)12-9/h2*1-4,11H,5H2. The number of furan rings is 2. The number of halogens is 2. The molecule has 2 aromatic heterocycles. The van der Waals surface area contributed by atoms with E-state index in [2.05, 4.69) is 31.9 Å². The molecule has 24 heavy (non-hydrogen) atoms. The van der Waals surface area contributed by atoms with Crippen molar-refractivity contribution in [2.24, 2.45) is 0 Å². The highest BCUT2D eigenvalue weighted by Crippen LogP contribution is 2.24. The normalized spacial score (nSPS) is 10.8. The molecule has 4 nitrogen and oxygen atoms in total. The highest BCUT2D eigenvalue weighted by atomic mass is 79.9. The van der Waals surface area contributed by atoms with Gasteiger partial charge in [-0.15, -0.1) is 0 Å². The van der Waals surface area contributed by atoms with E-state index in [1.54, 1.807) is 0 Å². The second-order valence-electron chi connectivity index (χ2n) is 5.11. The van der Waals surface area contributed by atoms with E-state index >= 15 is 0 Å². The van der Waals surface area contributed by atoms with Crippen molar-refractivity contribution in [2.45, 2.75) is 13.2 Å². The molecule has 4 aromatic rings. The molecule has 0 radical (unpaired) electrons. The fourth-order valence-corrected chi connectivity index (χ4v) is 3.05. The van der Waals surface area contributed by atoms with Crippen LogP contribution in [-0.2, 0) is 13.2 Å². The summed E-state index contributed by atoms with van der Waals surface area (Å²) in [7, 11) is 0. The lowest BCUT2D eigenvalue weighted by molar-refractivity contribution is 0.251. The Balaban J connectivity index is 0.000000141. The second kappa shape index (κ2) is 7.53. The van der Waals surface area contributed by atoms with Gasteiger partial charge in [0, 0.05) is 19.7 Å². The van der Waals surface area contributed by atoms with Crippen LogP contribution in [0.4, 0.5) is 0 Å². The topological polar surface area (TPSA) is 66.7 Å². The number of aliphatic hydroxyl groups excluding tert-OH is 2. The molecule has 2 aromatic carbocycles. The van der Waals surface area contributed by atoms with Crippen molar-refractivity contribution in [3.05, 3.63) is 69.0 Å². The Bertz CT molecular complexity index is 892. The predicted octanol–water partition coefficient (Wildman–Crippen LogP) is 5.38. The molecule has 0 amide bonds. The molecule has 0 bridgehead atoms. The molecule has 4 rings (SSSR count). The maximum absolute atomic E-state index is 8.80. The number of rotatable bonds is 2. The quantitative estimate of drug-likeness (QED) is 0.427. The number of hydrogen-bond acceptors (Lipinski definition) is 4. The Morgan fingerprint density at radius 3 is 1.46 bits per heavy atom. The van der Waals surface area contributed by atoms with Crippen LogP contribution in [0.2, 0.25) is 0 Å². The smallest absolute Gasteiger partial charge is 0.134 e. The third kappa shape index (κ3) is 3.89. The summed E-state index contributed by atoms with van der Waals surface area (Å²) in [5.41, 5.74) is 1.62. The van der Waals surface area contributed by atoms with Gasteiger partial charge in [-0.3, -0.25) is 0 Å². The fraction of sp³-hybridized carbons (Fsp3) is 0.111. The lowest BCUT2D eigenvalue weighted by atomic mass is 10.2. The first-order valence-electron chi connectivity index (χ1n) is 7.16. The Labute approximate surface area is 154 Å². The van der Waals surface area contributed by atoms with Gasteiger partial charge in [0.2, 0.25) is 0 Å². The monoisotopic (exact) mass is 452 g/mol. The van der Waals surface area contributed by atoms with Crippen LogP contribution in [0.1, 0.15) is 11.5 Å². The van der Waals surface area contributed by atoms with Crippen molar-refractivity contribution >= 4 is 53.8 Å². The zero-order chi connectivity index (χ0) is 17.1. The van der Waals surface area contributed by atoms with E-state index in [0.717, 1.165) is 30.9 Å². The van der Waals surface area contributed by atoms with Crippen LogP contribution in [0.25, 0.3) is 21.9 Å². The minimum absolute atomic E-state index is 0.0493. The van der Waals surface area contributed by atoms with E-state index in [1.807, 2.05) is 48.5 Å². The molecule has 0 aliphatic rings. The summed E-state index contributed by atoms with van der Waals surface area (Å²) in [6, 6.07) is 15.1. The largest absolute Gasteiger partial charge is 0.459 e. The second-order valence-corrected chi connectivity index (χ2v) is 6.94. The van der Waals surface area contributed by atoms with Crippen molar-refractivity contribution in [1.82, 2.24) is 0 Å². The number of benzene rings is 2. The average molecular weight is 454 g/mol. The summed E-state index contributed by atoms with van der Waals surface area (Å²) >= 11 is 6.72. The van der Waals surface area contributed by atoms with Crippen molar-refractivity contribution in [2.75, 3.05) is 0 Å². The molecular formula is C18H14Br2O4. The van der Waals surface area contributed by atoms with Crippen molar-refractivity contribution in [3.63, 3.8) is 0 Å². The maximum Gasteiger partial charge on any atom is 0.134 e. The van der Waals surface area contributed by atoms with Crippen LogP contribution in [0.15, 0.2) is 66.3 Å². The predicted molar refractivity (Wildman–Crippen MR) is 99.7 cm³/mol. The summed E-state index contributed by atoms with van der Waals surface area (Å²) in [4.78, 5) is 0. The average Bonchev–Trinajstić information content (AvgIpc) is 3.17. The van der Waals surface area contributed by atoms with Gasteiger partial charge >= 0.3 is 0 Å². The van der Waals surface area contributed by atoms with Crippen molar-refractivity contribution < 1.29 is 19.0 Å². The minimum Gasteiger partial charge on any atom is -0.459 e. The SMILES string of the molecule is OCc1cc2cc(Br)ccc2o1.OCc1cc2cc(Br)ccc2o1. The molecule has 0 aliphatic carbocycles. The fourth-order valence-electron chi connectivity index (χ4n) is 2.29. The summed E-state index contributed by atoms with van der Waals surface area (Å²) in [5, 5.41) is 19.6. The number of aliphatic hydroxyl groups is 2. The van der Waals surface area contributed by atoms with Gasteiger partial charge in [-0.1, -0.05) is 31.9 Å². The van der Waals surface area contributed by atoms with Gasteiger partial charge in [0.25, 0.3) is 0 Å². The lowest BCUT2D eigenvalue weighted by Crippen LogP contribution is -1.72. The van der Waals surface area contributed by atoms with Crippen LogP contribution in [-0.4, -0.2) is 10.2 Å².